The molecular formula is C20H27F2N3O. The lowest BCUT2D eigenvalue weighted by Gasteiger charge is -2.23. The lowest BCUT2D eigenvalue weighted by Crippen LogP contribution is -2.35. The highest BCUT2D eigenvalue weighted by atomic mass is 19.3. The monoisotopic (exact) mass is 363 g/mol. The minimum absolute atomic E-state index is 0.0196. The number of hydrogen-bond donors (Lipinski definition) is 1. The van der Waals surface area contributed by atoms with Crippen molar-refractivity contribution in [2.24, 2.45) is 11.7 Å². The fourth-order valence-corrected chi connectivity index (χ4v) is 3.02. The van der Waals surface area contributed by atoms with Crippen LogP contribution in [0.3, 0.4) is 0 Å². The van der Waals surface area contributed by atoms with E-state index in [0.717, 1.165) is 23.2 Å². The number of aryl methyl sites for hydroxylation is 1. The Labute approximate surface area is 153 Å². The second-order valence-corrected chi connectivity index (χ2v) is 7.60. The number of alkyl halides is 2. The Hall–Kier alpha value is -2.08. The molecule has 0 aliphatic heterocycles. The van der Waals surface area contributed by atoms with Gasteiger partial charge in [-0.25, -0.2) is 13.8 Å². The van der Waals surface area contributed by atoms with E-state index in [9.17, 15) is 8.78 Å². The quantitative estimate of drug-likeness (QED) is 0.764. The van der Waals surface area contributed by atoms with Crippen LogP contribution in [0.1, 0.15) is 50.4 Å². The van der Waals surface area contributed by atoms with Gasteiger partial charge in [0.2, 0.25) is 5.88 Å². The van der Waals surface area contributed by atoms with Crippen LogP contribution in [0.5, 0.6) is 5.88 Å². The standard InChI is InChI=1S/C20H27F2N3O/c1-12(9-20(4,5)23)11-26-19-17(18(21)22)8-15(10-25-19)16-6-7-24-14(3)13(16)2/h6-8,10,12,18H,9,11,23H2,1-5H3/t12-/m0/s1. The maximum Gasteiger partial charge on any atom is 0.269 e. The Balaban J connectivity index is 2.25. The summed E-state index contributed by atoms with van der Waals surface area (Å²) in [5.41, 5.74) is 8.75. The average molecular weight is 363 g/mol. The van der Waals surface area contributed by atoms with Crippen LogP contribution in [0, 0.1) is 19.8 Å². The lowest BCUT2D eigenvalue weighted by molar-refractivity contribution is 0.140. The molecule has 0 unspecified atom stereocenters. The van der Waals surface area contributed by atoms with E-state index in [-0.39, 0.29) is 22.9 Å². The summed E-state index contributed by atoms with van der Waals surface area (Å²) in [4.78, 5) is 8.38. The van der Waals surface area contributed by atoms with Crippen LogP contribution in [0.2, 0.25) is 0 Å². The van der Waals surface area contributed by atoms with Gasteiger partial charge < -0.3 is 10.5 Å². The van der Waals surface area contributed by atoms with Gasteiger partial charge in [-0.1, -0.05) is 6.92 Å². The van der Waals surface area contributed by atoms with Crippen LogP contribution in [0.25, 0.3) is 11.1 Å². The molecule has 142 valence electrons. The van der Waals surface area contributed by atoms with Gasteiger partial charge in [-0.3, -0.25) is 4.98 Å². The summed E-state index contributed by atoms with van der Waals surface area (Å²) >= 11 is 0. The molecule has 2 N–H and O–H groups in total. The van der Waals surface area contributed by atoms with Gasteiger partial charge in [-0.15, -0.1) is 0 Å². The van der Waals surface area contributed by atoms with E-state index in [4.69, 9.17) is 10.5 Å². The maximum absolute atomic E-state index is 13.5. The molecule has 26 heavy (non-hydrogen) atoms. The number of nitrogens with zero attached hydrogens (tertiary/aromatic N) is 2. The van der Waals surface area contributed by atoms with Crippen molar-refractivity contribution >= 4 is 0 Å². The highest BCUT2D eigenvalue weighted by molar-refractivity contribution is 5.68. The maximum atomic E-state index is 13.5. The number of ether oxygens (including phenoxy) is 1. The zero-order valence-corrected chi connectivity index (χ0v) is 16.0. The van der Waals surface area contributed by atoms with Crippen molar-refractivity contribution in [3.63, 3.8) is 0 Å². The predicted octanol–water partition coefficient (Wildman–Crippen LogP) is 4.84. The lowest BCUT2D eigenvalue weighted by atomic mass is 9.93. The zero-order valence-electron chi connectivity index (χ0n) is 16.0. The molecule has 0 fully saturated rings. The van der Waals surface area contributed by atoms with Gasteiger partial charge in [0.1, 0.15) is 0 Å². The smallest absolute Gasteiger partial charge is 0.269 e. The largest absolute Gasteiger partial charge is 0.477 e. The van der Waals surface area contributed by atoms with Crippen molar-refractivity contribution in [3.8, 4) is 17.0 Å². The minimum atomic E-state index is -2.66. The van der Waals surface area contributed by atoms with Crippen LogP contribution >= 0.6 is 0 Å². The third-order valence-electron chi connectivity index (χ3n) is 4.26. The number of halogens is 2. The summed E-state index contributed by atoms with van der Waals surface area (Å²) in [7, 11) is 0. The van der Waals surface area contributed by atoms with E-state index in [0.29, 0.717) is 12.2 Å². The molecule has 2 heterocycles. The summed E-state index contributed by atoms with van der Waals surface area (Å²) in [6.07, 6.45) is 1.30. The Bertz CT molecular complexity index is 757. The fourth-order valence-electron chi connectivity index (χ4n) is 3.02. The van der Waals surface area contributed by atoms with Gasteiger partial charge in [-0.05, 0) is 63.3 Å². The molecule has 1 atom stereocenters. The van der Waals surface area contributed by atoms with Crippen molar-refractivity contribution in [1.29, 1.82) is 0 Å². The second kappa shape index (κ2) is 8.08. The van der Waals surface area contributed by atoms with E-state index in [2.05, 4.69) is 9.97 Å². The van der Waals surface area contributed by atoms with Crippen molar-refractivity contribution in [2.45, 2.75) is 53.0 Å². The first-order valence-corrected chi connectivity index (χ1v) is 8.71. The van der Waals surface area contributed by atoms with Crippen molar-refractivity contribution in [2.75, 3.05) is 6.61 Å². The molecule has 0 spiro atoms. The van der Waals surface area contributed by atoms with Gasteiger partial charge in [0, 0.05) is 29.2 Å². The van der Waals surface area contributed by atoms with Crippen LogP contribution in [0.15, 0.2) is 24.5 Å². The average Bonchev–Trinajstić information content (AvgIpc) is 2.54. The molecule has 0 amide bonds. The number of nitrogens with two attached hydrogens (primary N) is 1. The number of hydrogen-bond acceptors (Lipinski definition) is 4. The fraction of sp³-hybridized carbons (Fsp3) is 0.500. The molecule has 0 aromatic carbocycles. The molecule has 2 aromatic rings. The summed E-state index contributed by atoms with van der Waals surface area (Å²) in [6.45, 7) is 9.94. The van der Waals surface area contributed by atoms with Crippen molar-refractivity contribution < 1.29 is 13.5 Å². The molecule has 0 radical (unpaired) electrons. The Morgan fingerprint density at radius 2 is 1.92 bits per heavy atom. The Kier molecular flexibility index (Phi) is 6.29. The molecule has 2 aromatic heterocycles. The molecule has 0 aliphatic carbocycles. The van der Waals surface area contributed by atoms with Crippen LogP contribution in [0.4, 0.5) is 8.78 Å². The molecule has 4 nitrogen and oxygen atoms in total. The van der Waals surface area contributed by atoms with Gasteiger partial charge in [-0.2, -0.15) is 0 Å². The number of pyridine rings is 2. The Morgan fingerprint density at radius 1 is 1.23 bits per heavy atom. The zero-order chi connectivity index (χ0) is 19.5. The third-order valence-corrected chi connectivity index (χ3v) is 4.26. The first-order valence-electron chi connectivity index (χ1n) is 8.71. The topological polar surface area (TPSA) is 61.0 Å². The Morgan fingerprint density at radius 3 is 2.54 bits per heavy atom. The van der Waals surface area contributed by atoms with Crippen molar-refractivity contribution in [3.05, 3.63) is 41.3 Å². The highest BCUT2D eigenvalue weighted by Crippen LogP contribution is 2.33. The summed E-state index contributed by atoms with van der Waals surface area (Å²) in [6, 6.07) is 3.26. The molecule has 0 aliphatic rings. The highest BCUT2D eigenvalue weighted by Gasteiger charge is 2.20. The SMILES string of the molecule is Cc1nccc(-c2cnc(OC[C@@H](C)CC(C)(C)N)c(C(F)F)c2)c1C. The molecular weight excluding hydrogens is 336 g/mol. The van der Waals surface area contributed by atoms with E-state index in [1.807, 2.05) is 34.6 Å². The minimum Gasteiger partial charge on any atom is -0.477 e. The van der Waals surface area contributed by atoms with Gasteiger partial charge in [0.05, 0.1) is 12.2 Å². The molecule has 6 heteroatoms. The van der Waals surface area contributed by atoms with E-state index >= 15 is 0 Å². The summed E-state index contributed by atoms with van der Waals surface area (Å²) in [5.74, 6) is 0.112. The van der Waals surface area contributed by atoms with Crippen LogP contribution < -0.4 is 10.5 Å². The molecule has 0 bridgehead atoms. The van der Waals surface area contributed by atoms with E-state index in [1.165, 1.54) is 6.07 Å². The predicted molar refractivity (Wildman–Crippen MR) is 99.4 cm³/mol. The van der Waals surface area contributed by atoms with E-state index in [1.54, 1.807) is 18.5 Å². The van der Waals surface area contributed by atoms with Crippen molar-refractivity contribution in [1.82, 2.24) is 9.97 Å². The van der Waals surface area contributed by atoms with Crippen LogP contribution in [-0.4, -0.2) is 22.1 Å². The first kappa shape index (κ1) is 20.2. The first-order chi connectivity index (χ1) is 12.1. The second-order valence-electron chi connectivity index (χ2n) is 7.60. The van der Waals surface area contributed by atoms with Gasteiger partial charge in [0.25, 0.3) is 6.43 Å². The van der Waals surface area contributed by atoms with Gasteiger partial charge in [0.15, 0.2) is 0 Å². The molecule has 0 saturated heterocycles. The molecule has 0 saturated carbocycles. The van der Waals surface area contributed by atoms with Crippen LogP contribution in [-0.2, 0) is 0 Å². The number of rotatable bonds is 7. The number of aromatic nitrogens is 2. The molecule has 2 rings (SSSR count). The third kappa shape index (κ3) is 5.21. The summed E-state index contributed by atoms with van der Waals surface area (Å²) in [5, 5.41) is 0. The van der Waals surface area contributed by atoms with E-state index < -0.39 is 6.43 Å². The van der Waals surface area contributed by atoms with Gasteiger partial charge >= 0.3 is 0 Å². The normalized spacial score (nSPS) is 13.1. The summed E-state index contributed by atoms with van der Waals surface area (Å²) < 4.78 is 32.7.